The molecule has 148 valence electrons. The van der Waals surface area contributed by atoms with Crippen LogP contribution in [0.5, 0.6) is 11.5 Å². The maximum Gasteiger partial charge on any atom is 0.276 e. The average Bonchev–Trinajstić information content (AvgIpc) is 3.43. The first-order chi connectivity index (χ1) is 14.1. The highest BCUT2D eigenvalue weighted by Gasteiger charge is 2.36. The summed E-state index contributed by atoms with van der Waals surface area (Å²) in [5.41, 5.74) is 0.999. The zero-order valence-corrected chi connectivity index (χ0v) is 15.7. The molecule has 0 spiro atoms. The van der Waals surface area contributed by atoms with Crippen molar-refractivity contribution in [2.75, 3.05) is 19.9 Å². The van der Waals surface area contributed by atoms with Crippen molar-refractivity contribution >= 4 is 5.91 Å². The van der Waals surface area contributed by atoms with Gasteiger partial charge in [0.05, 0.1) is 5.60 Å². The summed E-state index contributed by atoms with van der Waals surface area (Å²) in [4.78, 5) is 14.6. The average molecular weight is 392 g/mol. The molecule has 1 saturated heterocycles. The van der Waals surface area contributed by atoms with E-state index in [4.69, 9.17) is 14.0 Å². The van der Waals surface area contributed by atoms with Crippen molar-refractivity contribution in [3.63, 3.8) is 0 Å². The molecule has 2 aliphatic heterocycles. The van der Waals surface area contributed by atoms with Crippen LogP contribution < -0.4 is 9.47 Å². The van der Waals surface area contributed by atoms with Crippen LogP contribution in [0.1, 0.15) is 28.9 Å². The lowest BCUT2D eigenvalue weighted by Crippen LogP contribution is -2.45. The molecule has 0 atom stereocenters. The van der Waals surface area contributed by atoms with Crippen molar-refractivity contribution < 1.29 is 23.9 Å². The van der Waals surface area contributed by atoms with Crippen molar-refractivity contribution in [1.82, 2.24) is 10.1 Å². The highest BCUT2D eigenvalue weighted by Crippen LogP contribution is 2.36. The Morgan fingerprint density at radius 2 is 1.76 bits per heavy atom. The number of nitrogens with zero attached hydrogens (tertiary/aromatic N) is 2. The highest BCUT2D eigenvalue weighted by atomic mass is 16.7. The van der Waals surface area contributed by atoms with E-state index in [2.05, 4.69) is 5.16 Å². The number of carbonyl (C=O) groups is 1. The van der Waals surface area contributed by atoms with Gasteiger partial charge in [0.2, 0.25) is 6.79 Å². The van der Waals surface area contributed by atoms with Gasteiger partial charge in [0, 0.05) is 24.7 Å². The van der Waals surface area contributed by atoms with Gasteiger partial charge in [0.25, 0.3) is 5.91 Å². The number of hydrogen-bond donors (Lipinski definition) is 1. The molecule has 2 aliphatic rings. The SMILES string of the molecule is O=C(c1cc(-c2ccc3c(c2)OCO3)on1)N1CCC(O)(c2ccccc2)CC1. The molecular formula is C22H20N2O5. The van der Waals surface area contributed by atoms with Gasteiger partial charge in [-0.25, -0.2) is 0 Å². The third-order valence-corrected chi connectivity index (χ3v) is 5.58. The van der Waals surface area contributed by atoms with Crippen LogP contribution in [-0.4, -0.2) is 41.0 Å². The van der Waals surface area contributed by atoms with Gasteiger partial charge in [-0.05, 0) is 36.6 Å². The predicted molar refractivity (Wildman–Crippen MR) is 104 cm³/mol. The fourth-order valence-corrected chi connectivity index (χ4v) is 3.84. The molecule has 0 aliphatic carbocycles. The van der Waals surface area contributed by atoms with E-state index in [9.17, 15) is 9.90 Å². The van der Waals surface area contributed by atoms with Crippen LogP contribution in [-0.2, 0) is 5.60 Å². The van der Waals surface area contributed by atoms with Gasteiger partial charge in [-0.3, -0.25) is 4.79 Å². The Balaban J connectivity index is 1.29. The third-order valence-electron chi connectivity index (χ3n) is 5.58. The van der Waals surface area contributed by atoms with E-state index < -0.39 is 5.60 Å². The number of ether oxygens (including phenoxy) is 2. The standard InChI is InChI=1S/C22H20N2O5/c25-21(24-10-8-22(26,9-11-24)16-4-2-1-3-5-16)17-13-19(29-23-17)15-6-7-18-20(12-15)28-14-27-18/h1-7,12-13,26H,8-11,14H2. The first-order valence-corrected chi connectivity index (χ1v) is 9.56. The molecule has 1 N–H and O–H groups in total. The van der Waals surface area contributed by atoms with Gasteiger partial charge >= 0.3 is 0 Å². The maximum atomic E-state index is 12.9. The van der Waals surface area contributed by atoms with Crippen molar-refractivity contribution in [2.45, 2.75) is 18.4 Å². The second-order valence-electron chi connectivity index (χ2n) is 7.33. The smallest absolute Gasteiger partial charge is 0.276 e. The largest absolute Gasteiger partial charge is 0.454 e. The number of fused-ring (bicyclic) bond motifs is 1. The second kappa shape index (κ2) is 6.93. The summed E-state index contributed by atoms with van der Waals surface area (Å²) in [7, 11) is 0. The lowest BCUT2D eigenvalue weighted by atomic mass is 9.84. The van der Waals surface area contributed by atoms with E-state index >= 15 is 0 Å². The topological polar surface area (TPSA) is 85.0 Å². The summed E-state index contributed by atoms with van der Waals surface area (Å²) < 4.78 is 16.1. The third kappa shape index (κ3) is 3.23. The fraction of sp³-hybridized carbons (Fsp3) is 0.273. The number of rotatable bonds is 3. The van der Waals surface area contributed by atoms with Gasteiger partial charge in [-0.15, -0.1) is 0 Å². The summed E-state index contributed by atoms with van der Waals surface area (Å²) in [6.07, 6.45) is 0.964. The monoisotopic (exact) mass is 392 g/mol. The minimum atomic E-state index is -0.903. The van der Waals surface area contributed by atoms with E-state index in [1.807, 2.05) is 36.4 Å². The Morgan fingerprint density at radius 1 is 1.00 bits per heavy atom. The molecule has 3 heterocycles. The first-order valence-electron chi connectivity index (χ1n) is 9.56. The quantitative estimate of drug-likeness (QED) is 0.737. The van der Waals surface area contributed by atoms with Crippen LogP contribution >= 0.6 is 0 Å². The van der Waals surface area contributed by atoms with Gasteiger partial charge in [-0.1, -0.05) is 35.5 Å². The van der Waals surface area contributed by atoms with Crippen molar-refractivity contribution in [1.29, 1.82) is 0 Å². The van der Waals surface area contributed by atoms with E-state index in [1.54, 1.807) is 23.1 Å². The van der Waals surface area contributed by atoms with Crippen LogP contribution in [0.25, 0.3) is 11.3 Å². The Hall–Kier alpha value is -3.32. The molecule has 1 fully saturated rings. The molecule has 2 aromatic carbocycles. The number of aliphatic hydroxyl groups is 1. The summed E-state index contributed by atoms with van der Waals surface area (Å²) in [6.45, 7) is 1.11. The maximum absolute atomic E-state index is 12.9. The molecule has 1 amide bonds. The minimum absolute atomic E-state index is 0.198. The summed E-state index contributed by atoms with van der Waals surface area (Å²) in [5, 5.41) is 14.9. The number of likely N-dealkylation sites (tertiary alicyclic amines) is 1. The van der Waals surface area contributed by atoms with Gasteiger partial charge in [-0.2, -0.15) is 0 Å². The zero-order valence-electron chi connectivity index (χ0n) is 15.7. The molecule has 7 nitrogen and oxygen atoms in total. The summed E-state index contributed by atoms with van der Waals surface area (Å²) >= 11 is 0. The molecule has 0 bridgehead atoms. The number of benzene rings is 2. The number of amides is 1. The van der Waals surface area contributed by atoms with Gasteiger partial charge < -0.3 is 24.0 Å². The zero-order chi connectivity index (χ0) is 19.8. The molecule has 0 saturated carbocycles. The highest BCUT2D eigenvalue weighted by molar-refractivity contribution is 5.93. The van der Waals surface area contributed by atoms with Crippen molar-refractivity contribution in [3.8, 4) is 22.8 Å². The molecule has 0 unspecified atom stereocenters. The minimum Gasteiger partial charge on any atom is -0.454 e. The van der Waals surface area contributed by atoms with Crippen molar-refractivity contribution in [3.05, 3.63) is 65.9 Å². The normalized spacial score (nSPS) is 17.3. The molecule has 3 aromatic rings. The van der Waals surface area contributed by atoms with Crippen LogP contribution in [0.3, 0.4) is 0 Å². The Bertz CT molecular complexity index is 1040. The first kappa shape index (κ1) is 17.8. The molecule has 0 radical (unpaired) electrons. The predicted octanol–water partition coefficient (Wildman–Crippen LogP) is 3.19. The Kier molecular flexibility index (Phi) is 4.24. The number of carbonyl (C=O) groups excluding carboxylic acids is 1. The van der Waals surface area contributed by atoms with Crippen LogP contribution in [0.2, 0.25) is 0 Å². The van der Waals surface area contributed by atoms with E-state index in [0.717, 1.165) is 11.1 Å². The molecular weight excluding hydrogens is 372 g/mol. The lowest BCUT2D eigenvalue weighted by molar-refractivity contribution is -0.0213. The molecule has 29 heavy (non-hydrogen) atoms. The molecule has 5 rings (SSSR count). The van der Waals surface area contributed by atoms with Crippen LogP contribution in [0.4, 0.5) is 0 Å². The van der Waals surface area contributed by atoms with E-state index in [1.165, 1.54) is 0 Å². The summed E-state index contributed by atoms with van der Waals surface area (Å²) in [6, 6.07) is 16.7. The number of hydrogen-bond acceptors (Lipinski definition) is 6. The van der Waals surface area contributed by atoms with E-state index in [0.29, 0.717) is 43.2 Å². The second-order valence-corrected chi connectivity index (χ2v) is 7.33. The van der Waals surface area contributed by atoms with Crippen LogP contribution in [0, 0.1) is 0 Å². The summed E-state index contributed by atoms with van der Waals surface area (Å²) in [5.74, 6) is 1.62. The van der Waals surface area contributed by atoms with Gasteiger partial charge in [0.1, 0.15) is 0 Å². The van der Waals surface area contributed by atoms with Crippen molar-refractivity contribution in [2.24, 2.45) is 0 Å². The Morgan fingerprint density at radius 3 is 2.55 bits per heavy atom. The fourth-order valence-electron chi connectivity index (χ4n) is 3.84. The van der Waals surface area contributed by atoms with E-state index in [-0.39, 0.29) is 18.4 Å². The lowest BCUT2D eigenvalue weighted by Gasteiger charge is -2.38. The number of aromatic nitrogens is 1. The molecule has 7 heteroatoms. The van der Waals surface area contributed by atoms with Crippen LogP contribution in [0.15, 0.2) is 59.1 Å². The van der Waals surface area contributed by atoms with Gasteiger partial charge in [0.15, 0.2) is 23.0 Å². The molecule has 1 aromatic heterocycles. The Labute approximate surface area is 167 Å². The number of piperidine rings is 1.